The highest BCUT2D eigenvalue weighted by molar-refractivity contribution is 8.00. The van der Waals surface area contributed by atoms with Crippen LogP contribution in [0.5, 0.6) is 5.75 Å². The summed E-state index contributed by atoms with van der Waals surface area (Å²) < 4.78 is 17.9. The first kappa shape index (κ1) is 19.3. The second-order valence-corrected chi connectivity index (χ2v) is 7.09. The molecular weight excluding hydrogens is 341 g/mol. The normalized spacial score (nSPS) is 13.1. The van der Waals surface area contributed by atoms with E-state index in [1.54, 1.807) is 26.2 Å². The summed E-state index contributed by atoms with van der Waals surface area (Å²) in [5.41, 5.74) is -0.0918. The molecule has 0 saturated heterocycles. The number of aliphatic hydroxyl groups is 1. The van der Waals surface area contributed by atoms with Gasteiger partial charge in [0.25, 0.3) is 0 Å². The van der Waals surface area contributed by atoms with E-state index < -0.39 is 5.60 Å². The molecule has 0 fully saturated rings. The van der Waals surface area contributed by atoms with E-state index in [2.05, 4.69) is 5.32 Å². The molecule has 0 aliphatic rings. The number of hydrogen-bond donors (Lipinski definition) is 2. The predicted molar refractivity (Wildman–Crippen MR) is 97.5 cm³/mol. The van der Waals surface area contributed by atoms with Crippen LogP contribution in [-0.4, -0.2) is 36.0 Å². The van der Waals surface area contributed by atoms with Crippen molar-refractivity contribution in [3.63, 3.8) is 0 Å². The molecule has 25 heavy (non-hydrogen) atoms. The largest absolute Gasteiger partial charge is 0.497 e. The SMILES string of the molecule is COc1ccc(CC(C)(O)CNC(=O)CSc2ccc(F)cc2)cc1. The summed E-state index contributed by atoms with van der Waals surface area (Å²) in [6.45, 7) is 1.84. The summed E-state index contributed by atoms with van der Waals surface area (Å²) in [5.74, 6) is 0.492. The third-order valence-corrected chi connectivity index (χ3v) is 4.61. The summed E-state index contributed by atoms with van der Waals surface area (Å²) in [4.78, 5) is 12.8. The number of rotatable bonds is 8. The molecule has 0 aliphatic heterocycles. The Hall–Kier alpha value is -2.05. The Morgan fingerprint density at radius 3 is 2.44 bits per heavy atom. The van der Waals surface area contributed by atoms with Gasteiger partial charge in [-0.1, -0.05) is 12.1 Å². The van der Waals surface area contributed by atoms with Gasteiger partial charge in [0.1, 0.15) is 11.6 Å². The van der Waals surface area contributed by atoms with Crippen molar-refractivity contribution in [3.05, 3.63) is 59.9 Å². The molecule has 0 spiro atoms. The Kier molecular flexibility index (Phi) is 6.84. The number of carbonyl (C=O) groups excluding carboxylic acids is 1. The fourth-order valence-corrected chi connectivity index (χ4v) is 2.99. The predicted octanol–water partition coefficient (Wildman–Crippen LogP) is 3.04. The molecule has 2 N–H and O–H groups in total. The van der Waals surface area contributed by atoms with E-state index in [1.807, 2.05) is 24.3 Å². The van der Waals surface area contributed by atoms with E-state index in [1.165, 1.54) is 23.9 Å². The number of halogens is 1. The molecule has 1 atom stereocenters. The van der Waals surface area contributed by atoms with Crippen molar-refractivity contribution in [1.82, 2.24) is 5.32 Å². The maximum Gasteiger partial charge on any atom is 0.230 e. The lowest BCUT2D eigenvalue weighted by atomic mass is 9.96. The second-order valence-electron chi connectivity index (χ2n) is 6.04. The minimum Gasteiger partial charge on any atom is -0.497 e. The van der Waals surface area contributed by atoms with Crippen molar-refractivity contribution in [2.45, 2.75) is 23.8 Å². The van der Waals surface area contributed by atoms with Gasteiger partial charge in [0.05, 0.1) is 18.5 Å². The molecule has 1 amide bonds. The highest BCUT2D eigenvalue weighted by Crippen LogP contribution is 2.19. The van der Waals surface area contributed by atoms with Crippen LogP contribution in [-0.2, 0) is 11.2 Å². The molecule has 2 aromatic rings. The summed E-state index contributed by atoms with van der Waals surface area (Å²) >= 11 is 1.32. The Morgan fingerprint density at radius 2 is 1.84 bits per heavy atom. The van der Waals surface area contributed by atoms with Crippen molar-refractivity contribution in [2.75, 3.05) is 19.4 Å². The molecule has 1 unspecified atom stereocenters. The summed E-state index contributed by atoms with van der Waals surface area (Å²) in [6, 6.07) is 13.4. The number of methoxy groups -OCH3 is 1. The van der Waals surface area contributed by atoms with E-state index >= 15 is 0 Å². The highest BCUT2D eigenvalue weighted by atomic mass is 32.2. The lowest BCUT2D eigenvalue weighted by molar-refractivity contribution is -0.119. The molecule has 0 saturated carbocycles. The molecule has 2 rings (SSSR count). The minimum atomic E-state index is -1.05. The Labute approximate surface area is 151 Å². The average molecular weight is 363 g/mol. The van der Waals surface area contributed by atoms with Gasteiger partial charge in [0.2, 0.25) is 5.91 Å². The minimum absolute atomic E-state index is 0.155. The quantitative estimate of drug-likeness (QED) is 0.708. The van der Waals surface area contributed by atoms with Crippen LogP contribution in [0.4, 0.5) is 4.39 Å². The van der Waals surface area contributed by atoms with E-state index in [0.29, 0.717) is 6.42 Å². The lowest BCUT2D eigenvalue weighted by Crippen LogP contribution is -2.42. The Morgan fingerprint density at radius 1 is 1.20 bits per heavy atom. The smallest absolute Gasteiger partial charge is 0.230 e. The Bertz CT molecular complexity index is 687. The summed E-state index contributed by atoms with van der Waals surface area (Å²) in [7, 11) is 1.60. The average Bonchev–Trinajstić information content (AvgIpc) is 2.60. The first-order valence-corrected chi connectivity index (χ1v) is 8.87. The van der Waals surface area contributed by atoms with Crippen molar-refractivity contribution < 1.29 is 19.0 Å². The van der Waals surface area contributed by atoms with Gasteiger partial charge in [-0.25, -0.2) is 4.39 Å². The standard InChI is InChI=1S/C19H22FNO3S/c1-19(23,11-14-3-7-16(24-2)8-4-14)13-21-18(22)12-25-17-9-5-15(20)6-10-17/h3-10,23H,11-13H2,1-2H3,(H,21,22). The number of thioether (sulfide) groups is 1. The van der Waals surface area contributed by atoms with Crippen LogP contribution in [0.3, 0.4) is 0 Å². The number of amides is 1. The molecule has 0 heterocycles. The van der Waals surface area contributed by atoms with Crippen LogP contribution < -0.4 is 10.1 Å². The molecular formula is C19H22FNO3S. The van der Waals surface area contributed by atoms with Crippen LogP contribution in [0, 0.1) is 5.82 Å². The van der Waals surface area contributed by atoms with Crippen LogP contribution in [0.1, 0.15) is 12.5 Å². The molecule has 6 heteroatoms. The molecule has 4 nitrogen and oxygen atoms in total. The highest BCUT2D eigenvalue weighted by Gasteiger charge is 2.22. The maximum absolute atomic E-state index is 12.8. The monoisotopic (exact) mass is 363 g/mol. The van der Waals surface area contributed by atoms with E-state index in [0.717, 1.165) is 16.2 Å². The first-order chi connectivity index (χ1) is 11.9. The zero-order chi connectivity index (χ0) is 18.3. The van der Waals surface area contributed by atoms with Crippen molar-refractivity contribution in [2.24, 2.45) is 0 Å². The fourth-order valence-electron chi connectivity index (χ4n) is 2.27. The molecule has 0 bridgehead atoms. The number of hydrogen-bond acceptors (Lipinski definition) is 4. The van der Waals surface area contributed by atoms with Crippen LogP contribution >= 0.6 is 11.8 Å². The summed E-state index contributed by atoms with van der Waals surface area (Å²) in [6.07, 6.45) is 0.419. The third-order valence-electron chi connectivity index (χ3n) is 3.59. The topological polar surface area (TPSA) is 58.6 Å². The number of benzene rings is 2. The van der Waals surface area contributed by atoms with Crippen molar-refractivity contribution >= 4 is 17.7 Å². The Balaban J connectivity index is 1.77. The number of carbonyl (C=O) groups is 1. The molecule has 134 valence electrons. The summed E-state index contributed by atoms with van der Waals surface area (Å²) in [5, 5.41) is 13.2. The van der Waals surface area contributed by atoms with Gasteiger partial charge in [-0.2, -0.15) is 0 Å². The van der Waals surface area contributed by atoms with E-state index in [4.69, 9.17) is 4.74 Å². The first-order valence-electron chi connectivity index (χ1n) is 7.88. The van der Waals surface area contributed by atoms with E-state index in [-0.39, 0.29) is 24.0 Å². The molecule has 2 aromatic carbocycles. The van der Waals surface area contributed by atoms with Gasteiger partial charge in [0.15, 0.2) is 0 Å². The fraction of sp³-hybridized carbons (Fsp3) is 0.316. The number of ether oxygens (including phenoxy) is 1. The van der Waals surface area contributed by atoms with Crippen molar-refractivity contribution in [1.29, 1.82) is 0 Å². The molecule has 0 aliphatic carbocycles. The van der Waals surface area contributed by atoms with Gasteiger partial charge in [-0.15, -0.1) is 11.8 Å². The van der Waals surface area contributed by atoms with Crippen LogP contribution in [0.2, 0.25) is 0 Å². The van der Waals surface area contributed by atoms with Gasteiger partial charge in [-0.05, 0) is 48.9 Å². The molecule has 0 aromatic heterocycles. The van der Waals surface area contributed by atoms with Gasteiger partial charge in [-0.3, -0.25) is 4.79 Å². The molecule has 0 radical (unpaired) electrons. The number of nitrogens with one attached hydrogen (secondary N) is 1. The maximum atomic E-state index is 12.8. The third kappa shape index (κ3) is 6.76. The lowest BCUT2D eigenvalue weighted by Gasteiger charge is -2.24. The zero-order valence-corrected chi connectivity index (χ0v) is 15.1. The van der Waals surface area contributed by atoms with Crippen LogP contribution in [0.15, 0.2) is 53.4 Å². The van der Waals surface area contributed by atoms with Gasteiger partial charge >= 0.3 is 0 Å². The van der Waals surface area contributed by atoms with Gasteiger partial charge < -0.3 is 15.2 Å². The second kappa shape index (κ2) is 8.87. The van der Waals surface area contributed by atoms with Crippen molar-refractivity contribution in [3.8, 4) is 5.75 Å². The van der Waals surface area contributed by atoms with E-state index in [9.17, 15) is 14.3 Å². The van der Waals surface area contributed by atoms with Gasteiger partial charge in [0, 0.05) is 17.9 Å². The zero-order valence-electron chi connectivity index (χ0n) is 14.3. The van der Waals surface area contributed by atoms with Crippen LogP contribution in [0.25, 0.3) is 0 Å².